The van der Waals surface area contributed by atoms with Crippen molar-refractivity contribution in [3.8, 4) is 17.6 Å². The van der Waals surface area contributed by atoms with Gasteiger partial charge in [-0.1, -0.05) is 48.5 Å². The minimum atomic E-state index is -0.543. The number of fused-ring (bicyclic) bond motifs is 1. The number of methoxy groups -OCH3 is 1. The molecule has 0 aliphatic carbocycles. The monoisotopic (exact) mass is 462 g/mol. The van der Waals surface area contributed by atoms with E-state index in [0.29, 0.717) is 28.3 Å². The van der Waals surface area contributed by atoms with Gasteiger partial charge in [0, 0.05) is 5.69 Å². The van der Waals surface area contributed by atoms with Crippen molar-refractivity contribution in [1.29, 1.82) is 5.26 Å². The molecule has 0 saturated carbocycles. The van der Waals surface area contributed by atoms with Crippen molar-refractivity contribution in [2.24, 2.45) is 0 Å². The van der Waals surface area contributed by atoms with Gasteiger partial charge in [-0.15, -0.1) is 0 Å². The van der Waals surface area contributed by atoms with Gasteiger partial charge in [0.1, 0.15) is 23.1 Å². The second kappa shape index (κ2) is 10.4. The van der Waals surface area contributed by atoms with Crippen LogP contribution >= 0.6 is 0 Å². The van der Waals surface area contributed by atoms with E-state index in [1.54, 1.807) is 61.7 Å². The fourth-order valence-electron chi connectivity index (χ4n) is 3.64. The Morgan fingerprint density at radius 3 is 2.46 bits per heavy atom. The Bertz CT molecular complexity index is 1490. The predicted octanol–water partition coefficient (Wildman–Crippen LogP) is 5.92. The predicted molar refractivity (Wildman–Crippen MR) is 135 cm³/mol. The van der Waals surface area contributed by atoms with E-state index in [2.05, 4.69) is 5.32 Å². The molecule has 4 aromatic rings. The molecule has 0 saturated heterocycles. The molecular formula is C29H22N2O4. The maximum absolute atomic E-state index is 12.8. The van der Waals surface area contributed by atoms with Crippen LogP contribution in [0.1, 0.15) is 21.5 Å². The number of carbonyl (C=O) groups excluding carboxylic acids is 2. The van der Waals surface area contributed by atoms with Gasteiger partial charge >= 0.3 is 5.97 Å². The molecule has 6 nitrogen and oxygen atoms in total. The Morgan fingerprint density at radius 1 is 0.914 bits per heavy atom. The molecule has 35 heavy (non-hydrogen) atoms. The Morgan fingerprint density at radius 2 is 1.69 bits per heavy atom. The second-order valence-electron chi connectivity index (χ2n) is 7.79. The number of anilines is 1. The molecule has 4 aromatic carbocycles. The van der Waals surface area contributed by atoms with Crippen molar-refractivity contribution in [2.45, 2.75) is 6.92 Å². The average molecular weight is 463 g/mol. The lowest BCUT2D eigenvalue weighted by Crippen LogP contribution is -2.14. The summed E-state index contributed by atoms with van der Waals surface area (Å²) >= 11 is 0. The van der Waals surface area contributed by atoms with E-state index in [4.69, 9.17) is 9.47 Å². The molecule has 0 heterocycles. The topological polar surface area (TPSA) is 88.4 Å². The Hall–Kier alpha value is -4.89. The molecule has 1 amide bonds. The standard InChI is InChI=1S/C29H22N2O4/c1-19-15-23(34-2)13-14-27(19)31-28(32)22(18-30)16-20-7-5-10-24(17-20)35-29(33)26-12-6-9-21-8-3-4-11-25(21)26/h3-17H,1-2H3,(H,31,32)/b22-16+. The number of rotatable bonds is 6. The quantitative estimate of drug-likeness (QED) is 0.166. The van der Waals surface area contributed by atoms with Crippen LogP contribution in [0.25, 0.3) is 16.8 Å². The van der Waals surface area contributed by atoms with Gasteiger partial charge in [0.05, 0.1) is 12.7 Å². The lowest BCUT2D eigenvalue weighted by Gasteiger charge is -2.10. The number of nitrogens with zero attached hydrogens (tertiary/aromatic N) is 1. The molecule has 4 rings (SSSR count). The van der Waals surface area contributed by atoms with Gasteiger partial charge in [0.25, 0.3) is 5.91 Å². The molecule has 0 atom stereocenters. The van der Waals surface area contributed by atoms with E-state index in [1.807, 2.05) is 43.3 Å². The first-order chi connectivity index (χ1) is 17.0. The fourth-order valence-corrected chi connectivity index (χ4v) is 3.64. The van der Waals surface area contributed by atoms with Gasteiger partial charge in [0.15, 0.2) is 0 Å². The molecule has 1 N–H and O–H groups in total. The summed E-state index contributed by atoms with van der Waals surface area (Å²) in [6.07, 6.45) is 1.45. The van der Waals surface area contributed by atoms with Crippen LogP contribution in [0, 0.1) is 18.3 Å². The van der Waals surface area contributed by atoms with Gasteiger partial charge in [-0.3, -0.25) is 4.79 Å². The maximum Gasteiger partial charge on any atom is 0.344 e. The number of benzene rings is 4. The second-order valence-corrected chi connectivity index (χ2v) is 7.79. The Balaban J connectivity index is 1.53. The highest BCUT2D eigenvalue weighted by Gasteiger charge is 2.14. The van der Waals surface area contributed by atoms with Gasteiger partial charge in [0.2, 0.25) is 0 Å². The molecule has 0 aromatic heterocycles. The molecule has 0 spiro atoms. The van der Waals surface area contributed by atoms with Gasteiger partial charge in [-0.05, 0) is 71.3 Å². The summed E-state index contributed by atoms with van der Waals surface area (Å²) in [5.41, 5.74) is 2.30. The van der Waals surface area contributed by atoms with Crippen LogP contribution in [0.3, 0.4) is 0 Å². The third kappa shape index (κ3) is 5.37. The Kier molecular flexibility index (Phi) is 6.89. The molecule has 172 valence electrons. The number of amides is 1. The number of nitrogens with one attached hydrogen (secondary N) is 1. The summed E-state index contributed by atoms with van der Waals surface area (Å²) in [4.78, 5) is 25.6. The highest BCUT2D eigenvalue weighted by atomic mass is 16.5. The number of ether oxygens (including phenoxy) is 2. The molecule has 6 heteroatoms. The number of aryl methyl sites for hydroxylation is 1. The summed E-state index contributed by atoms with van der Waals surface area (Å²) < 4.78 is 10.8. The Labute approximate surface area is 203 Å². The first-order valence-corrected chi connectivity index (χ1v) is 10.9. The van der Waals surface area contributed by atoms with Crippen LogP contribution in [0.4, 0.5) is 5.69 Å². The largest absolute Gasteiger partial charge is 0.497 e. The van der Waals surface area contributed by atoms with E-state index in [1.165, 1.54) is 6.08 Å². The molecule has 0 fully saturated rings. The van der Waals surface area contributed by atoms with Crippen molar-refractivity contribution >= 4 is 34.4 Å². The van der Waals surface area contributed by atoms with Crippen LogP contribution in [0.15, 0.2) is 90.5 Å². The van der Waals surface area contributed by atoms with Crippen molar-refractivity contribution in [3.05, 3.63) is 107 Å². The number of carbonyl (C=O) groups is 2. The highest BCUT2D eigenvalue weighted by molar-refractivity contribution is 6.10. The van der Waals surface area contributed by atoms with Crippen molar-refractivity contribution in [1.82, 2.24) is 0 Å². The van der Waals surface area contributed by atoms with Crippen molar-refractivity contribution in [2.75, 3.05) is 12.4 Å². The van der Waals surface area contributed by atoms with Crippen molar-refractivity contribution in [3.63, 3.8) is 0 Å². The lowest BCUT2D eigenvalue weighted by atomic mass is 10.0. The number of hydrogen-bond donors (Lipinski definition) is 1. The molecule has 0 radical (unpaired) electrons. The minimum absolute atomic E-state index is 0.0854. The third-order valence-electron chi connectivity index (χ3n) is 5.44. The van der Waals surface area contributed by atoms with Crippen molar-refractivity contribution < 1.29 is 19.1 Å². The molecule has 0 bridgehead atoms. The third-order valence-corrected chi connectivity index (χ3v) is 5.44. The first kappa shape index (κ1) is 23.3. The lowest BCUT2D eigenvalue weighted by molar-refractivity contribution is -0.112. The van der Waals surface area contributed by atoms with E-state index >= 15 is 0 Å². The van der Waals surface area contributed by atoms with Gasteiger partial charge < -0.3 is 14.8 Å². The maximum atomic E-state index is 12.8. The molecule has 0 aliphatic heterocycles. The van der Waals surface area contributed by atoms with Gasteiger partial charge in [-0.25, -0.2) is 4.79 Å². The van der Waals surface area contributed by atoms with Crippen LogP contribution in [-0.4, -0.2) is 19.0 Å². The van der Waals surface area contributed by atoms with E-state index in [0.717, 1.165) is 16.3 Å². The molecular weight excluding hydrogens is 440 g/mol. The molecule has 0 aliphatic rings. The van der Waals surface area contributed by atoms with E-state index in [9.17, 15) is 14.9 Å². The van der Waals surface area contributed by atoms with Crippen LogP contribution in [0.2, 0.25) is 0 Å². The summed E-state index contributed by atoms with van der Waals surface area (Å²) in [7, 11) is 1.57. The average Bonchev–Trinajstić information content (AvgIpc) is 2.88. The smallest absolute Gasteiger partial charge is 0.344 e. The van der Waals surface area contributed by atoms with Crippen LogP contribution in [-0.2, 0) is 4.79 Å². The summed E-state index contributed by atoms with van der Waals surface area (Å²) in [6, 6.07) is 26.9. The molecule has 0 unspecified atom stereocenters. The van der Waals surface area contributed by atoms with Crippen LogP contribution < -0.4 is 14.8 Å². The van der Waals surface area contributed by atoms with Crippen LogP contribution in [0.5, 0.6) is 11.5 Å². The van der Waals surface area contributed by atoms with Gasteiger partial charge in [-0.2, -0.15) is 5.26 Å². The number of esters is 1. The normalized spacial score (nSPS) is 10.9. The SMILES string of the molecule is COc1ccc(NC(=O)/C(C#N)=C/c2cccc(OC(=O)c3cccc4ccccc34)c2)c(C)c1. The number of nitriles is 1. The van der Waals surface area contributed by atoms with E-state index in [-0.39, 0.29) is 5.57 Å². The fraction of sp³-hybridized carbons (Fsp3) is 0.0690. The highest BCUT2D eigenvalue weighted by Crippen LogP contribution is 2.24. The summed E-state index contributed by atoms with van der Waals surface area (Å²) in [5.74, 6) is -0.0538. The zero-order valence-corrected chi connectivity index (χ0v) is 19.2. The zero-order chi connectivity index (χ0) is 24.8. The first-order valence-electron chi connectivity index (χ1n) is 10.9. The zero-order valence-electron chi connectivity index (χ0n) is 19.2. The minimum Gasteiger partial charge on any atom is -0.497 e. The number of hydrogen-bond acceptors (Lipinski definition) is 5. The summed E-state index contributed by atoms with van der Waals surface area (Å²) in [5, 5.41) is 14.1. The van der Waals surface area contributed by atoms with E-state index < -0.39 is 11.9 Å². The summed E-state index contributed by atoms with van der Waals surface area (Å²) in [6.45, 7) is 1.83.